The molecule has 1 fully saturated rings. The minimum absolute atomic E-state index is 0.195. The van der Waals surface area contributed by atoms with Crippen molar-refractivity contribution in [2.45, 2.75) is 43.9 Å². The highest BCUT2D eigenvalue weighted by Crippen LogP contribution is 2.35. The number of fused-ring (bicyclic) bond motifs is 1. The molecule has 1 heterocycles. The van der Waals surface area contributed by atoms with Gasteiger partial charge < -0.3 is 14.6 Å². The molecule has 0 amide bonds. The molecule has 1 saturated heterocycles. The zero-order chi connectivity index (χ0) is 16.8. The molecule has 1 aromatic carbocycles. The van der Waals surface area contributed by atoms with Crippen LogP contribution in [0.4, 0.5) is 0 Å². The number of aliphatic hydroxyl groups is 1. The molecule has 4 heteroatoms. The van der Waals surface area contributed by atoms with Crippen LogP contribution in [0.15, 0.2) is 24.3 Å². The summed E-state index contributed by atoms with van der Waals surface area (Å²) in [6, 6.07) is 8.82. The Morgan fingerprint density at radius 1 is 1.38 bits per heavy atom. The van der Waals surface area contributed by atoms with Gasteiger partial charge in [0.1, 0.15) is 0 Å². The molecule has 2 aliphatic rings. The first-order chi connectivity index (χ1) is 11.8. The van der Waals surface area contributed by atoms with Crippen molar-refractivity contribution in [3.05, 3.63) is 35.4 Å². The Bertz CT molecular complexity index is 562. The third-order valence-electron chi connectivity index (χ3n) is 4.92. The number of benzene rings is 1. The van der Waals surface area contributed by atoms with Crippen molar-refractivity contribution in [3.8, 4) is 12.3 Å². The van der Waals surface area contributed by atoms with E-state index >= 15 is 0 Å². The van der Waals surface area contributed by atoms with Crippen molar-refractivity contribution < 1.29 is 14.6 Å². The first-order valence-corrected chi connectivity index (χ1v) is 8.90. The molecule has 0 aromatic heterocycles. The van der Waals surface area contributed by atoms with Crippen LogP contribution in [0.2, 0.25) is 0 Å². The van der Waals surface area contributed by atoms with Gasteiger partial charge in [0.05, 0.1) is 32.0 Å². The van der Waals surface area contributed by atoms with Crippen molar-refractivity contribution in [1.82, 2.24) is 4.90 Å². The molecule has 4 nitrogen and oxygen atoms in total. The lowest BCUT2D eigenvalue weighted by Crippen LogP contribution is -2.37. The summed E-state index contributed by atoms with van der Waals surface area (Å²) in [5, 5.41) is 10.4. The van der Waals surface area contributed by atoms with E-state index in [9.17, 15) is 5.11 Å². The molecule has 0 spiro atoms. The Kier molecular flexibility index (Phi) is 6.28. The van der Waals surface area contributed by atoms with Gasteiger partial charge in [-0.1, -0.05) is 30.2 Å². The van der Waals surface area contributed by atoms with Gasteiger partial charge in [-0.3, -0.25) is 4.90 Å². The predicted molar refractivity (Wildman–Crippen MR) is 93.7 cm³/mol. The smallest absolute Gasteiger partial charge is 0.0900 e. The van der Waals surface area contributed by atoms with Gasteiger partial charge in [0.15, 0.2) is 0 Å². The first-order valence-electron chi connectivity index (χ1n) is 8.90. The second-order valence-corrected chi connectivity index (χ2v) is 6.71. The van der Waals surface area contributed by atoms with Gasteiger partial charge in [-0.2, -0.15) is 0 Å². The summed E-state index contributed by atoms with van der Waals surface area (Å²) >= 11 is 0. The van der Waals surface area contributed by atoms with Crippen molar-refractivity contribution >= 4 is 0 Å². The normalized spacial score (nSPS) is 24.0. The number of ether oxygens (including phenoxy) is 2. The summed E-state index contributed by atoms with van der Waals surface area (Å²) in [7, 11) is 0. The average molecular weight is 329 g/mol. The molecule has 0 bridgehead atoms. The fourth-order valence-electron chi connectivity index (χ4n) is 3.77. The maximum atomic E-state index is 10.4. The Morgan fingerprint density at radius 2 is 2.25 bits per heavy atom. The molecule has 0 radical (unpaired) electrons. The topological polar surface area (TPSA) is 41.9 Å². The quantitative estimate of drug-likeness (QED) is 0.742. The lowest BCUT2D eigenvalue weighted by Gasteiger charge is -2.29. The minimum atomic E-state index is -0.535. The summed E-state index contributed by atoms with van der Waals surface area (Å²) in [4.78, 5) is 2.20. The van der Waals surface area contributed by atoms with Crippen LogP contribution in [-0.2, 0) is 15.9 Å². The van der Waals surface area contributed by atoms with E-state index in [-0.39, 0.29) is 6.10 Å². The number of hydrogen-bond acceptors (Lipinski definition) is 4. The SMILES string of the molecule is C#CCN(CC(O)COCC1CCCO1)C1CCc2ccccc21. The highest BCUT2D eigenvalue weighted by molar-refractivity contribution is 5.34. The monoisotopic (exact) mass is 329 g/mol. The number of hydrogen-bond donors (Lipinski definition) is 1. The minimum Gasteiger partial charge on any atom is -0.389 e. The molecule has 3 unspecified atom stereocenters. The van der Waals surface area contributed by atoms with E-state index in [4.69, 9.17) is 15.9 Å². The molecule has 3 rings (SSSR count). The third-order valence-corrected chi connectivity index (χ3v) is 4.92. The molecule has 1 aromatic rings. The number of terminal acetylenes is 1. The molecular weight excluding hydrogens is 302 g/mol. The van der Waals surface area contributed by atoms with Gasteiger partial charge in [-0.05, 0) is 36.8 Å². The predicted octanol–water partition coefficient (Wildman–Crippen LogP) is 2.17. The van der Waals surface area contributed by atoms with Crippen LogP contribution in [0.25, 0.3) is 0 Å². The highest BCUT2D eigenvalue weighted by atomic mass is 16.5. The summed E-state index contributed by atoms with van der Waals surface area (Å²) < 4.78 is 11.2. The Labute approximate surface area is 144 Å². The van der Waals surface area contributed by atoms with E-state index in [0.717, 1.165) is 32.3 Å². The lowest BCUT2D eigenvalue weighted by molar-refractivity contribution is -0.0274. The summed E-state index contributed by atoms with van der Waals surface area (Å²) in [5.41, 5.74) is 2.74. The lowest BCUT2D eigenvalue weighted by atomic mass is 10.1. The molecular formula is C20H27NO3. The highest BCUT2D eigenvalue weighted by Gasteiger charge is 2.28. The summed E-state index contributed by atoms with van der Waals surface area (Å²) in [6.07, 6.45) is 9.51. The van der Waals surface area contributed by atoms with Crippen LogP contribution in [0.3, 0.4) is 0 Å². The van der Waals surface area contributed by atoms with E-state index in [1.54, 1.807) is 0 Å². The van der Waals surface area contributed by atoms with Crippen LogP contribution < -0.4 is 0 Å². The summed E-state index contributed by atoms with van der Waals surface area (Å²) in [5.74, 6) is 2.74. The molecule has 130 valence electrons. The fraction of sp³-hybridized carbons (Fsp3) is 0.600. The number of nitrogens with zero attached hydrogens (tertiary/aromatic N) is 1. The standard InChI is InChI=1S/C20H27NO3/c1-2-11-21(20-10-9-16-6-3-4-8-19(16)20)13-17(22)14-23-15-18-7-5-12-24-18/h1,3-4,6,8,17-18,20,22H,5,7,9-15H2. The number of rotatable bonds is 8. The largest absolute Gasteiger partial charge is 0.389 e. The van der Waals surface area contributed by atoms with Gasteiger partial charge in [-0.25, -0.2) is 0 Å². The van der Waals surface area contributed by atoms with E-state index in [1.165, 1.54) is 11.1 Å². The van der Waals surface area contributed by atoms with Crippen molar-refractivity contribution in [1.29, 1.82) is 0 Å². The maximum Gasteiger partial charge on any atom is 0.0900 e. The third kappa shape index (κ3) is 4.37. The van der Waals surface area contributed by atoms with Gasteiger partial charge in [0, 0.05) is 19.2 Å². The van der Waals surface area contributed by atoms with E-state index in [2.05, 4.69) is 35.1 Å². The molecule has 1 N–H and O–H groups in total. The van der Waals surface area contributed by atoms with Crippen molar-refractivity contribution in [2.75, 3.05) is 32.9 Å². The van der Waals surface area contributed by atoms with Gasteiger partial charge in [0.25, 0.3) is 0 Å². The van der Waals surface area contributed by atoms with Crippen LogP contribution >= 0.6 is 0 Å². The van der Waals surface area contributed by atoms with Crippen LogP contribution in [0.5, 0.6) is 0 Å². The van der Waals surface area contributed by atoms with Gasteiger partial charge in [-0.15, -0.1) is 6.42 Å². The van der Waals surface area contributed by atoms with Crippen LogP contribution in [0.1, 0.15) is 36.4 Å². The second-order valence-electron chi connectivity index (χ2n) is 6.71. The van der Waals surface area contributed by atoms with Gasteiger partial charge in [0.2, 0.25) is 0 Å². The second kappa shape index (κ2) is 8.64. The summed E-state index contributed by atoms with van der Waals surface area (Å²) in [6.45, 7) is 2.80. The Morgan fingerprint density at radius 3 is 3.04 bits per heavy atom. The fourth-order valence-corrected chi connectivity index (χ4v) is 3.77. The number of aliphatic hydroxyl groups excluding tert-OH is 1. The van der Waals surface area contributed by atoms with Gasteiger partial charge >= 0.3 is 0 Å². The van der Waals surface area contributed by atoms with E-state index in [0.29, 0.717) is 32.3 Å². The zero-order valence-electron chi connectivity index (χ0n) is 14.2. The van der Waals surface area contributed by atoms with E-state index in [1.807, 2.05) is 0 Å². The average Bonchev–Trinajstić information content (AvgIpc) is 3.24. The first kappa shape index (κ1) is 17.4. The molecule has 0 saturated carbocycles. The van der Waals surface area contributed by atoms with Crippen molar-refractivity contribution in [2.24, 2.45) is 0 Å². The Hall–Kier alpha value is -1.38. The maximum absolute atomic E-state index is 10.4. The van der Waals surface area contributed by atoms with Crippen LogP contribution in [-0.4, -0.2) is 55.1 Å². The molecule has 3 atom stereocenters. The number of aryl methyl sites for hydroxylation is 1. The van der Waals surface area contributed by atoms with E-state index < -0.39 is 6.10 Å². The molecule has 24 heavy (non-hydrogen) atoms. The zero-order valence-corrected chi connectivity index (χ0v) is 14.2. The van der Waals surface area contributed by atoms with Crippen LogP contribution in [0, 0.1) is 12.3 Å². The Balaban J connectivity index is 1.51. The molecule has 1 aliphatic heterocycles. The van der Waals surface area contributed by atoms with Crippen molar-refractivity contribution in [3.63, 3.8) is 0 Å². The molecule has 1 aliphatic carbocycles.